The molecule has 1 heterocycles. The number of aromatic nitrogens is 3. The SMILES string of the molecule is Cn1nnc(CN)c1-c1cccc(Br)c1. The van der Waals surface area contributed by atoms with Gasteiger partial charge >= 0.3 is 0 Å². The fraction of sp³-hybridized carbons (Fsp3) is 0.200. The highest BCUT2D eigenvalue weighted by molar-refractivity contribution is 9.10. The number of benzene rings is 1. The first-order valence-electron chi connectivity index (χ1n) is 4.57. The van der Waals surface area contributed by atoms with Gasteiger partial charge in [0, 0.05) is 23.6 Å². The lowest BCUT2D eigenvalue weighted by molar-refractivity contribution is 0.718. The van der Waals surface area contributed by atoms with Crippen LogP contribution >= 0.6 is 15.9 Å². The van der Waals surface area contributed by atoms with Crippen molar-refractivity contribution in [3.63, 3.8) is 0 Å². The van der Waals surface area contributed by atoms with Gasteiger partial charge in [-0.25, -0.2) is 4.68 Å². The van der Waals surface area contributed by atoms with Crippen molar-refractivity contribution < 1.29 is 0 Å². The Morgan fingerprint density at radius 3 is 2.93 bits per heavy atom. The van der Waals surface area contributed by atoms with Crippen LogP contribution in [0.25, 0.3) is 11.3 Å². The lowest BCUT2D eigenvalue weighted by Crippen LogP contribution is -2.00. The zero-order valence-corrected chi connectivity index (χ0v) is 9.90. The standard InChI is InChI=1S/C10H11BrN4/c1-15-10(9(6-12)13-14-15)7-3-2-4-8(11)5-7/h2-5H,6,12H2,1H3. The summed E-state index contributed by atoms with van der Waals surface area (Å²) in [6.45, 7) is 0.398. The molecule has 4 nitrogen and oxygen atoms in total. The summed E-state index contributed by atoms with van der Waals surface area (Å²) >= 11 is 3.44. The van der Waals surface area contributed by atoms with Crippen molar-refractivity contribution >= 4 is 15.9 Å². The van der Waals surface area contributed by atoms with Gasteiger partial charge in [-0.05, 0) is 12.1 Å². The van der Waals surface area contributed by atoms with Crippen LogP contribution in [0.1, 0.15) is 5.69 Å². The van der Waals surface area contributed by atoms with Gasteiger partial charge in [0.25, 0.3) is 0 Å². The van der Waals surface area contributed by atoms with Gasteiger partial charge in [0.15, 0.2) is 0 Å². The largest absolute Gasteiger partial charge is 0.325 e. The second-order valence-corrected chi connectivity index (χ2v) is 4.14. The first-order valence-corrected chi connectivity index (χ1v) is 5.36. The number of hydrogen-bond acceptors (Lipinski definition) is 3. The van der Waals surface area contributed by atoms with Crippen LogP contribution in [0.5, 0.6) is 0 Å². The molecule has 1 aromatic heterocycles. The van der Waals surface area contributed by atoms with Crippen molar-refractivity contribution in [2.45, 2.75) is 6.54 Å². The summed E-state index contributed by atoms with van der Waals surface area (Å²) in [4.78, 5) is 0. The van der Waals surface area contributed by atoms with Crippen LogP contribution in [0, 0.1) is 0 Å². The third-order valence-electron chi connectivity index (χ3n) is 2.19. The Bertz CT molecular complexity index is 478. The molecule has 78 valence electrons. The Morgan fingerprint density at radius 1 is 1.47 bits per heavy atom. The normalized spacial score (nSPS) is 10.6. The summed E-state index contributed by atoms with van der Waals surface area (Å²) in [5.74, 6) is 0. The molecule has 0 fully saturated rings. The summed E-state index contributed by atoms with van der Waals surface area (Å²) in [5.41, 5.74) is 8.47. The fourth-order valence-corrected chi connectivity index (χ4v) is 1.93. The first kappa shape index (κ1) is 10.3. The van der Waals surface area contributed by atoms with E-state index in [1.165, 1.54) is 0 Å². The Balaban J connectivity index is 2.57. The molecule has 15 heavy (non-hydrogen) atoms. The Morgan fingerprint density at radius 2 is 2.27 bits per heavy atom. The van der Waals surface area contributed by atoms with Crippen LogP contribution in [0.15, 0.2) is 28.7 Å². The molecule has 0 aliphatic rings. The van der Waals surface area contributed by atoms with Crippen LogP contribution in [0.2, 0.25) is 0 Å². The molecule has 2 aromatic rings. The topological polar surface area (TPSA) is 56.7 Å². The zero-order valence-electron chi connectivity index (χ0n) is 8.31. The molecular formula is C10H11BrN4. The molecule has 5 heteroatoms. The number of rotatable bonds is 2. The Kier molecular flexibility index (Phi) is 2.83. The molecule has 0 saturated carbocycles. The van der Waals surface area contributed by atoms with Gasteiger partial charge in [-0.1, -0.05) is 33.3 Å². The van der Waals surface area contributed by atoms with E-state index in [0.29, 0.717) is 6.54 Å². The average molecular weight is 267 g/mol. The molecule has 0 aliphatic carbocycles. The van der Waals surface area contributed by atoms with E-state index in [2.05, 4.69) is 26.2 Å². The molecule has 0 saturated heterocycles. The van der Waals surface area contributed by atoms with Crippen molar-refractivity contribution in [1.29, 1.82) is 0 Å². The van der Waals surface area contributed by atoms with Crippen LogP contribution in [-0.4, -0.2) is 15.0 Å². The van der Waals surface area contributed by atoms with Gasteiger partial charge in [-0.2, -0.15) is 0 Å². The maximum absolute atomic E-state index is 5.61. The van der Waals surface area contributed by atoms with Crippen molar-refractivity contribution in [1.82, 2.24) is 15.0 Å². The molecule has 2 rings (SSSR count). The molecule has 0 aliphatic heterocycles. The van der Waals surface area contributed by atoms with E-state index >= 15 is 0 Å². The summed E-state index contributed by atoms with van der Waals surface area (Å²) in [5, 5.41) is 7.98. The molecule has 2 N–H and O–H groups in total. The van der Waals surface area contributed by atoms with Gasteiger partial charge in [-0.3, -0.25) is 0 Å². The van der Waals surface area contributed by atoms with Crippen LogP contribution in [0.3, 0.4) is 0 Å². The maximum atomic E-state index is 5.61. The van der Waals surface area contributed by atoms with E-state index in [-0.39, 0.29) is 0 Å². The summed E-state index contributed by atoms with van der Waals surface area (Å²) in [6, 6.07) is 8.00. The van der Waals surface area contributed by atoms with Crippen LogP contribution in [-0.2, 0) is 13.6 Å². The quantitative estimate of drug-likeness (QED) is 0.901. The second-order valence-electron chi connectivity index (χ2n) is 3.22. The molecular weight excluding hydrogens is 256 g/mol. The average Bonchev–Trinajstić information content (AvgIpc) is 2.59. The zero-order chi connectivity index (χ0) is 10.8. The highest BCUT2D eigenvalue weighted by Gasteiger charge is 2.11. The van der Waals surface area contributed by atoms with E-state index in [1.54, 1.807) is 4.68 Å². The van der Waals surface area contributed by atoms with Crippen molar-refractivity contribution in [2.75, 3.05) is 0 Å². The number of nitrogens with two attached hydrogens (primary N) is 1. The number of aryl methyl sites for hydroxylation is 1. The third-order valence-corrected chi connectivity index (χ3v) is 2.68. The van der Waals surface area contributed by atoms with E-state index in [1.807, 2.05) is 31.3 Å². The molecule has 0 amide bonds. The lowest BCUT2D eigenvalue weighted by atomic mass is 10.1. The van der Waals surface area contributed by atoms with Gasteiger partial charge in [0.05, 0.1) is 5.69 Å². The smallest absolute Gasteiger partial charge is 0.104 e. The van der Waals surface area contributed by atoms with E-state index < -0.39 is 0 Å². The molecule has 0 radical (unpaired) electrons. The van der Waals surface area contributed by atoms with Gasteiger partial charge in [0.1, 0.15) is 5.69 Å². The highest BCUT2D eigenvalue weighted by atomic mass is 79.9. The number of nitrogens with zero attached hydrogens (tertiary/aromatic N) is 3. The molecule has 0 spiro atoms. The number of hydrogen-bond donors (Lipinski definition) is 1. The molecule has 1 aromatic carbocycles. The highest BCUT2D eigenvalue weighted by Crippen LogP contribution is 2.24. The van der Waals surface area contributed by atoms with E-state index in [4.69, 9.17) is 5.73 Å². The molecule has 0 unspecified atom stereocenters. The van der Waals surface area contributed by atoms with Gasteiger partial charge in [0.2, 0.25) is 0 Å². The third kappa shape index (κ3) is 1.93. The van der Waals surface area contributed by atoms with Crippen molar-refractivity contribution in [2.24, 2.45) is 12.8 Å². The minimum Gasteiger partial charge on any atom is -0.325 e. The predicted octanol–water partition coefficient (Wildman–Crippen LogP) is 1.70. The molecule has 0 bridgehead atoms. The monoisotopic (exact) mass is 266 g/mol. The van der Waals surface area contributed by atoms with Gasteiger partial charge < -0.3 is 5.73 Å². The predicted molar refractivity (Wildman–Crippen MR) is 62.0 cm³/mol. The Labute approximate surface area is 96.2 Å². The Hall–Kier alpha value is -1.20. The van der Waals surface area contributed by atoms with Crippen molar-refractivity contribution in [3.05, 3.63) is 34.4 Å². The second kappa shape index (κ2) is 4.12. The number of halogens is 1. The summed E-state index contributed by atoms with van der Waals surface area (Å²) < 4.78 is 2.77. The summed E-state index contributed by atoms with van der Waals surface area (Å²) in [7, 11) is 1.86. The van der Waals surface area contributed by atoms with Crippen molar-refractivity contribution in [3.8, 4) is 11.3 Å². The van der Waals surface area contributed by atoms with E-state index in [0.717, 1.165) is 21.4 Å². The van der Waals surface area contributed by atoms with E-state index in [9.17, 15) is 0 Å². The summed E-state index contributed by atoms with van der Waals surface area (Å²) in [6.07, 6.45) is 0. The lowest BCUT2D eigenvalue weighted by Gasteiger charge is -2.03. The minimum absolute atomic E-state index is 0.398. The first-order chi connectivity index (χ1) is 7.22. The van der Waals surface area contributed by atoms with Gasteiger partial charge in [-0.15, -0.1) is 5.10 Å². The maximum Gasteiger partial charge on any atom is 0.104 e. The minimum atomic E-state index is 0.398. The fourth-order valence-electron chi connectivity index (χ4n) is 1.53. The van der Waals surface area contributed by atoms with Crippen LogP contribution < -0.4 is 5.73 Å². The molecule has 0 atom stereocenters. The van der Waals surface area contributed by atoms with Crippen LogP contribution in [0.4, 0.5) is 0 Å².